The SMILES string of the molecule is CCc1c(NN)ncnc1N1CCC(CNC(C)=O)CC1. The van der Waals surface area contributed by atoms with Crippen LogP contribution in [0.5, 0.6) is 0 Å². The number of anilines is 2. The average Bonchev–Trinajstić information content (AvgIpc) is 2.52. The second kappa shape index (κ2) is 7.21. The van der Waals surface area contributed by atoms with E-state index in [-0.39, 0.29) is 5.91 Å². The molecule has 7 nitrogen and oxygen atoms in total. The highest BCUT2D eigenvalue weighted by molar-refractivity contribution is 5.72. The van der Waals surface area contributed by atoms with Crippen LogP contribution in [0.2, 0.25) is 0 Å². The first-order chi connectivity index (χ1) is 10.2. The molecule has 1 fully saturated rings. The van der Waals surface area contributed by atoms with Crippen LogP contribution in [-0.4, -0.2) is 35.5 Å². The summed E-state index contributed by atoms with van der Waals surface area (Å²) in [6, 6.07) is 0. The predicted octanol–water partition coefficient (Wildman–Crippen LogP) is 0.677. The van der Waals surface area contributed by atoms with Crippen LogP contribution in [0.25, 0.3) is 0 Å². The van der Waals surface area contributed by atoms with Crippen LogP contribution in [0, 0.1) is 5.92 Å². The Balaban J connectivity index is 2.00. The van der Waals surface area contributed by atoms with Gasteiger partial charge >= 0.3 is 0 Å². The molecule has 0 spiro atoms. The van der Waals surface area contributed by atoms with Gasteiger partial charge < -0.3 is 15.6 Å². The zero-order valence-corrected chi connectivity index (χ0v) is 12.7. The molecule has 21 heavy (non-hydrogen) atoms. The maximum absolute atomic E-state index is 11.0. The lowest BCUT2D eigenvalue weighted by atomic mass is 9.96. The molecule has 0 saturated carbocycles. The summed E-state index contributed by atoms with van der Waals surface area (Å²) < 4.78 is 0. The molecule has 2 rings (SSSR count). The van der Waals surface area contributed by atoms with Crippen molar-refractivity contribution in [3.8, 4) is 0 Å². The Morgan fingerprint density at radius 2 is 2.14 bits per heavy atom. The Bertz CT molecular complexity index is 484. The van der Waals surface area contributed by atoms with Crippen molar-refractivity contribution in [3.63, 3.8) is 0 Å². The largest absolute Gasteiger partial charge is 0.356 e. The molecule has 1 saturated heterocycles. The standard InChI is InChI=1S/C14H24N6O/c1-3-12-13(19-15)17-9-18-14(12)20-6-4-11(5-7-20)8-16-10(2)21/h9,11H,3-8,15H2,1-2H3,(H,16,21)(H,17,18,19). The fraction of sp³-hybridized carbons (Fsp3) is 0.643. The van der Waals surface area contributed by atoms with Crippen LogP contribution >= 0.6 is 0 Å². The molecule has 1 aromatic rings. The minimum absolute atomic E-state index is 0.0418. The molecule has 1 aromatic heterocycles. The zero-order valence-electron chi connectivity index (χ0n) is 12.7. The highest BCUT2D eigenvalue weighted by Gasteiger charge is 2.23. The third-order valence-corrected chi connectivity index (χ3v) is 3.97. The zero-order chi connectivity index (χ0) is 15.2. The topological polar surface area (TPSA) is 96.2 Å². The van der Waals surface area contributed by atoms with Gasteiger partial charge in [-0.2, -0.15) is 0 Å². The van der Waals surface area contributed by atoms with Crippen molar-refractivity contribution >= 4 is 17.5 Å². The van der Waals surface area contributed by atoms with E-state index >= 15 is 0 Å². The van der Waals surface area contributed by atoms with Gasteiger partial charge in [-0.1, -0.05) is 6.92 Å². The van der Waals surface area contributed by atoms with Crippen LogP contribution in [0.1, 0.15) is 32.3 Å². The van der Waals surface area contributed by atoms with E-state index < -0.39 is 0 Å². The first-order valence-electron chi connectivity index (χ1n) is 7.45. The molecule has 0 aromatic carbocycles. The summed E-state index contributed by atoms with van der Waals surface area (Å²) in [7, 11) is 0. The van der Waals surface area contributed by atoms with Gasteiger partial charge in [-0.15, -0.1) is 0 Å². The lowest BCUT2D eigenvalue weighted by molar-refractivity contribution is -0.119. The number of nitrogen functional groups attached to an aromatic ring is 1. The third-order valence-electron chi connectivity index (χ3n) is 3.97. The van der Waals surface area contributed by atoms with Crippen molar-refractivity contribution < 1.29 is 4.79 Å². The number of rotatable bonds is 5. The molecule has 116 valence electrons. The maximum atomic E-state index is 11.0. The Morgan fingerprint density at radius 1 is 1.43 bits per heavy atom. The molecule has 0 aliphatic carbocycles. The van der Waals surface area contributed by atoms with Gasteiger partial charge in [0, 0.05) is 32.1 Å². The molecule has 7 heteroatoms. The van der Waals surface area contributed by atoms with Crippen LogP contribution < -0.4 is 21.5 Å². The second-order valence-electron chi connectivity index (χ2n) is 5.39. The summed E-state index contributed by atoms with van der Waals surface area (Å²) in [4.78, 5) is 21.8. The number of carbonyl (C=O) groups is 1. The van der Waals surface area contributed by atoms with E-state index in [1.165, 1.54) is 0 Å². The van der Waals surface area contributed by atoms with Crippen LogP contribution in [0.15, 0.2) is 6.33 Å². The summed E-state index contributed by atoms with van der Waals surface area (Å²) in [6.07, 6.45) is 4.49. The predicted molar refractivity (Wildman–Crippen MR) is 82.8 cm³/mol. The maximum Gasteiger partial charge on any atom is 0.216 e. The fourth-order valence-electron chi connectivity index (χ4n) is 2.76. The summed E-state index contributed by atoms with van der Waals surface area (Å²) >= 11 is 0. The minimum atomic E-state index is 0.0418. The van der Waals surface area contributed by atoms with Gasteiger partial charge in [-0.3, -0.25) is 4.79 Å². The first kappa shape index (κ1) is 15.5. The molecule has 1 amide bonds. The number of amides is 1. The van der Waals surface area contributed by atoms with E-state index in [1.807, 2.05) is 0 Å². The normalized spacial score (nSPS) is 15.9. The number of hydrogen-bond donors (Lipinski definition) is 3. The van der Waals surface area contributed by atoms with E-state index in [0.717, 1.165) is 50.3 Å². The fourth-order valence-corrected chi connectivity index (χ4v) is 2.76. The summed E-state index contributed by atoms with van der Waals surface area (Å²) in [5.74, 6) is 7.77. The molecule has 0 unspecified atom stereocenters. The van der Waals surface area contributed by atoms with Crippen molar-refractivity contribution in [2.24, 2.45) is 11.8 Å². The number of carbonyl (C=O) groups excluding carboxylic acids is 1. The van der Waals surface area contributed by atoms with Crippen molar-refractivity contribution in [3.05, 3.63) is 11.9 Å². The van der Waals surface area contributed by atoms with Gasteiger partial charge in [0.2, 0.25) is 5.91 Å². The van der Waals surface area contributed by atoms with Crippen molar-refractivity contribution in [1.29, 1.82) is 0 Å². The average molecular weight is 292 g/mol. The molecule has 1 aliphatic heterocycles. The number of nitrogens with zero attached hydrogens (tertiary/aromatic N) is 3. The minimum Gasteiger partial charge on any atom is -0.356 e. The third kappa shape index (κ3) is 3.81. The summed E-state index contributed by atoms with van der Waals surface area (Å²) in [6.45, 7) is 6.29. The van der Waals surface area contributed by atoms with Gasteiger partial charge in [-0.05, 0) is 25.2 Å². The number of nitrogens with two attached hydrogens (primary N) is 1. The van der Waals surface area contributed by atoms with Crippen molar-refractivity contribution in [1.82, 2.24) is 15.3 Å². The van der Waals surface area contributed by atoms with Crippen LogP contribution in [-0.2, 0) is 11.2 Å². The van der Waals surface area contributed by atoms with E-state index in [4.69, 9.17) is 5.84 Å². The molecule has 2 heterocycles. The lowest BCUT2D eigenvalue weighted by Gasteiger charge is -2.34. The molecule has 0 radical (unpaired) electrons. The van der Waals surface area contributed by atoms with Gasteiger partial charge in [0.15, 0.2) is 0 Å². The second-order valence-corrected chi connectivity index (χ2v) is 5.39. The summed E-state index contributed by atoms with van der Waals surface area (Å²) in [5.41, 5.74) is 3.70. The van der Waals surface area contributed by atoms with Crippen LogP contribution in [0.4, 0.5) is 11.6 Å². The van der Waals surface area contributed by atoms with Crippen LogP contribution in [0.3, 0.4) is 0 Å². The van der Waals surface area contributed by atoms with E-state index in [1.54, 1.807) is 13.3 Å². The molecule has 4 N–H and O–H groups in total. The monoisotopic (exact) mass is 292 g/mol. The number of hydrogen-bond acceptors (Lipinski definition) is 6. The van der Waals surface area contributed by atoms with Gasteiger partial charge in [0.1, 0.15) is 18.0 Å². The molecular weight excluding hydrogens is 268 g/mol. The smallest absolute Gasteiger partial charge is 0.216 e. The van der Waals surface area contributed by atoms with Crippen molar-refractivity contribution in [2.45, 2.75) is 33.1 Å². The van der Waals surface area contributed by atoms with E-state index in [0.29, 0.717) is 11.7 Å². The number of piperidine rings is 1. The molecule has 0 bridgehead atoms. The summed E-state index contributed by atoms with van der Waals surface area (Å²) in [5, 5.41) is 2.90. The Kier molecular flexibility index (Phi) is 5.32. The Hall–Kier alpha value is -1.89. The van der Waals surface area contributed by atoms with Crippen molar-refractivity contribution in [2.75, 3.05) is 30.0 Å². The number of aromatic nitrogens is 2. The quantitative estimate of drug-likeness (QED) is 0.545. The molecule has 1 aliphatic rings. The highest BCUT2D eigenvalue weighted by atomic mass is 16.1. The van der Waals surface area contributed by atoms with Gasteiger partial charge in [0.05, 0.1) is 0 Å². The van der Waals surface area contributed by atoms with Gasteiger partial charge in [-0.25, -0.2) is 15.8 Å². The van der Waals surface area contributed by atoms with Gasteiger partial charge in [0.25, 0.3) is 0 Å². The highest BCUT2D eigenvalue weighted by Crippen LogP contribution is 2.27. The van der Waals surface area contributed by atoms with E-state index in [2.05, 4.69) is 32.5 Å². The Morgan fingerprint density at radius 3 is 2.71 bits per heavy atom. The molecule has 0 atom stereocenters. The first-order valence-corrected chi connectivity index (χ1v) is 7.45. The Labute approximate surface area is 125 Å². The number of nitrogens with one attached hydrogen (secondary N) is 2. The lowest BCUT2D eigenvalue weighted by Crippen LogP contribution is -2.39. The molecular formula is C14H24N6O. The van der Waals surface area contributed by atoms with E-state index in [9.17, 15) is 4.79 Å². The number of hydrazine groups is 1.